The van der Waals surface area contributed by atoms with E-state index in [1.165, 1.54) is 0 Å². The maximum atomic E-state index is 9.35. The van der Waals surface area contributed by atoms with Crippen LogP contribution in [0.25, 0.3) is 0 Å². The van der Waals surface area contributed by atoms with E-state index in [0.29, 0.717) is 16.6 Å². The Hall–Kier alpha value is -1.58. The Balaban J connectivity index is 2.13. The highest BCUT2D eigenvalue weighted by Crippen LogP contribution is 2.27. The van der Waals surface area contributed by atoms with Crippen molar-refractivity contribution in [1.29, 1.82) is 0 Å². The number of rotatable bonds is 4. The molecule has 0 heterocycles. The second-order valence-electron chi connectivity index (χ2n) is 3.98. The van der Waals surface area contributed by atoms with E-state index in [2.05, 4.69) is 5.32 Å². The highest BCUT2D eigenvalue weighted by molar-refractivity contribution is 6.32. The summed E-state index contributed by atoms with van der Waals surface area (Å²) in [7, 11) is 1.62. The molecule has 0 aliphatic carbocycles. The van der Waals surface area contributed by atoms with Gasteiger partial charge in [0.05, 0.1) is 12.1 Å². The number of anilines is 1. The molecule has 0 amide bonds. The lowest BCUT2D eigenvalue weighted by Gasteiger charge is -2.11. The van der Waals surface area contributed by atoms with Crippen LogP contribution in [0.3, 0.4) is 0 Å². The van der Waals surface area contributed by atoms with Crippen LogP contribution in [0.5, 0.6) is 11.5 Å². The molecule has 2 aromatic rings. The van der Waals surface area contributed by atoms with Crippen molar-refractivity contribution in [1.82, 2.24) is 0 Å². The summed E-state index contributed by atoms with van der Waals surface area (Å²) in [6, 6.07) is 10.4. The van der Waals surface area contributed by atoms with Crippen LogP contribution >= 0.6 is 23.2 Å². The number of benzene rings is 2. The molecule has 0 atom stereocenters. The lowest BCUT2D eigenvalue weighted by atomic mass is 10.2. The van der Waals surface area contributed by atoms with Gasteiger partial charge in [0.15, 0.2) is 0 Å². The van der Waals surface area contributed by atoms with Crippen LogP contribution in [0.4, 0.5) is 5.69 Å². The number of ether oxygens (including phenoxy) is 1. The van der Waals surface area contributed by atoms with Crippen LogP contribution in [-0.2, 0) is 6.54 Å². The number of phenols is 1. The maximum absolute atomic E-state index is 9.35. The zero-order valence-electron chi connectivity index (χ0n) is 10.3. The lowest BCUT2D eigenvalue weighted by molar-refractivity contribution is 0.410. The molecule has 5 heteroatoms. The molecule has 2 rings (SSSR count). The van der Waals surface area contributed by atoms with Gasteiger partial charge in [0.1, 0.15) is 11.5 Å². The molecule has 2 aromatic carbocycles. The van der Waals surface area contributed by atoms with E-state index in [-0.39, 0.29) is 5.75 Å². The van der Waals surface area contributed by atoms with Crippen LogP contribution in [0.1, 0.15) is 5.56 Å². The van der Waals surface area contributed by atoms with E-state index in [0.717, 1.165) is 17.0 Å². The molecule has 0 unspecified atom stereocenters. The molecule has 0 aromatic heterocycles. The third-order valence-corrected chi connectivity index (χ3v) is 3.21. The molecule has 0 aliphatic heterocycles. The van der Waals surface area contributed by atoms with Gasteiger partial charge in [0.25, 0.3) is 0 Å². The van der Waals surface area contributed by atoms with Gasteiger partial charge in [-0.3, -0.25) is 0 Å². The molecule has 0 aliphatic rings. The Morgan fingerprint density at radius 3 is 2.63 bits per heavy atom. The van der Waals surface area contributed by atoms with E-state index in [4.69, 9.17) is 27.9 Å². The van der Waals surface area contributed by atoms with Gasteiger partial charge in [-0.2, -0.15) is 0 Å². The number of methoxy groups -OCH3 is 1. The predicted molar refractivity (Wildman–Crippen MR) is 78.4 cm³/mol. The maximum Gasteiger partial charge on any atom is 0.134 e. The Bertz CT molecular complexity index is 588. The largest absolute Gasteiger partial charge is 0.506 e. The summed E-state index contributed by atoms with van der Waals surface area (Å²) in [4.78, 5) is 0. The SMILES string of the molecule is COc1ccc(Cl)cc1CNc1ccc(O)c(Cl)c1. The first kappa shape index (κ1) is 13.8. The summed E-state index contributed by atoms with van der Waals surface area (Å²) in [5, 5.41) is 13.5. The molecule has 0 saturated carbocycles. The first-order valence-corrected chi connectivity index (χ1v) is 6.40. The average Bonchev–Trinajstić information content (AvgIpc) is 2.40. The Labute approximate surface area is 121 Å². The number of aromatic hydroxyl groups is 1. The van der Waals surface area contributed by atoms with Crippen molar-refractivity contribution in [3.8, 4) is 11.5 Å². The third kappa shape index (κ3) is 3.46. The van der Waals surface area contributed by atoms with E-state index >= 15 is 0 Å². The molecule has 19 heavy (non-hydrogen) atoms. The topological polar surface area (TPSA) is 41.5 Å². The molecule has 2 N–H and O–H groups in total. The van der Waals surface area contributed by atoms with Crippen LogP contribution in [0, 0.1) is 0 Å². The van der Waals surface area contributed by atoms with Gasteiger partial charge in [-0.05, 0) is 36.4 Å². The first-order valence-electron chi connectivity index (χ1n) is 5.65. The van der Waals surface area contributed by atoms with Gasteiger partial charge in [-0.15, -0.1) is 0 Å². The number of halogens is 2. The quantitative estimate of drug-likeness (QED) is 0.826. The van der Waals surface area contributed by atoms with Gasteiger partial charge < -0.3 is 15.2 Å². The van der Waals surface area contributed by atoms with Gasteiger partial charge in [-0.1, -0.05) is 23.2 Å². The number of nitrogens with one attached hydrogen (secondary N) is 1. The molecular formula is C14H13Cl2NO2. The minimum Gasteiger partial charge on any atom is -0.506 e. The Morgan fingerprint density at radius 2 is 1.95 bits per heavy atom. The zero-order chi connectivity index (χ0) is 13.8. The average molecular weight is 298 g/mol. The van der Waals surface area contributed by atoms with E-state index in [1.807, 2.05) is 12.1 Å². The van der Waals surface area contributed by atoms with Gasteiger partial charge in [0, 0.05) is 22.8 Å². The van der Waals surface area contributed by atoms with E-state index < -0.39 is 0 Å². The van der Waals surface area contributed by atoms with Crippen molar-refractivity contribution in [2.45, 2.75) is 6.54 Å². The number of hydrogen-bond donors (Lipinski definition) is 2. The molecule has 0 radical (unpaired) electrons. The molecule has 0 saturated heterocycles. The fraction of sp³-hybridized carbons (Fsp3) is 0.143. The summed E-state index contributed by atoms with van der Waals surface area (Å²) in [6.07, 6.45) is 0. The van der Waals surface area contributed by atoms with E-state index in [9.17, 15) is 5.11 Å². The predicted octanol–water partition coefficient (Wildman–Crippen LogP) is 4.32. The van der Waals surface area contributed by atoms with Crippen molar-refractivity contribution < 1.29 is 9.84 Å². The minimum absolute atomic E-state index is 0.0625. The monoisotopic (exact) mass is 297 g/mol. The standard InChI is InChI=1S/C14H13Cl2NO2/c1-19-14-5-2-10(15)6-9(14)8-17-11-3-4-13(18)12(16)7-11/h2-7,17-18H,8H2,1H3. The molecule has 100 valence electrons. The summed E-state index contributed by atoms with van der Waals surface area (Å²) in [6.45, 7) is 0.546. The highest BCUT2D eigenvalue weighted by Gasteiger charge is 2.05. The smallest absolute Gasteiger partial charge is 0.134 e. The third-order valence-electron chi connectivity index (χ3n) is 2.67. The molecule has 3 nitrogen and oxygen atoms in total. The fourth-order valence-corrected chi connectivity index (χ4v) is 2.07. The number of phenolic OH excluding ortho intramolecular Hbond substituents is 1. The molecule has 0 fully saturated rings. The zero-order valence-corrected chi connectivity index (χ0v) is 11.8. The first-order chi connectivity index (χ1) is 9.10. The summed E-state index contributed by atoms with van der Waals surface area (Å²) >= 11 is 11.8. The number of hydrogen-bond acceptors (Lipinski definition) is 3. The minimum atomic E-state index is 0.0625. The van der Waals surface area contributed by atoms with Crippen LogP contribution < -0.4 is 10.1 Å². The van der Waals surface area contributed by atoms with Crippen molar-refractivity contribution in [3.63, 3.8) is 0 Å². The second-order valence-corrected chi connectivity index (χ2v) is 4.82. The highest BCUT2D eigenvalue weighted by atomic mass is 35.5. The Kier molecular flexibility index (Phi) is 4.40. The fourth-order valence-electron chi connectivity index (χ4n) is 1.70. The van der Waals surface area contributed by atoms with E-state index in [1.54, 1.807) is 31.4 Å². The van der Waals surface area contributed by atoms with Crippen LogP contribution in [0.15, 0.2) is 36.4 Å². The van der Waals surface area contributed by atoms with Crippen LogP contribution in [-0.4, -0.2) is 12.2 Å². The second kappa shape index (κ2) is 6.04. The van der Waals surface area contributed by atoms with Crippen molar-refractivity contribution >= 4 is 28.9 Å². The normalized spacial score (nSPS) is 10.3. The van der Waals surface area contributed by atoms with Crippen molar-refractivity contribution in [2.75, 3.05) is 12.4 Å². The summed E-state index contributed by atoms with van der Waals surface area (Å²) in [5.41, 5.74) is 1.75. The van der Waals surface area contributed by atoms with Crippen LogP contribution in [0.2, 0.25) is 10.0 Å². The molecule has 0 bridgehead atoms. The van der Waals surface area contributed by atoms with Crippen molar-refractivity contribution in [2.24, 2.45) is 0 Å². The van der Waals surface area contributed by atoms with Crippen molar-refractivity contribution in [3.05, 3.63) is 52.0 Å². The Morgan fingerprint density at radius 1 is 1.16 bits per heavy atom. The van der Waals surface area contributed by atoms with Gasteiger partial charge in [0.2, 0.25) is 0 Å². The summed E-state index contributed by atoms with van der Waals surface area (Å²) < 4.78 is 5.27. The molecular weight excluding hydrogens is 285 g/mol. The van der Waals surface area contributed by atoms with Gasteiger partial charge >= 0.3 is 0 Å². The lowest BCUT2D eigenvalue weighted by Crippen LogP contribution is -2.01. The summed E-state index contributed by atoms with van der Waals surface area (Å²) in [5.74, 6) is 0.828. The molecule has 0 spiro atoms. The van der Waals surface area contributed by atoms with Gasteiger partial charge in [-0.25, -0.2) is 0 Å².